The molecule has 0 unspecified atom stereocenters. The summed E-state index contributed by atoms with van der Waals surface area (Å²) >= 11 is 0. The number of hydrogen-bond acceptors (Lipinski definition) is 12. The molecule has 2 heterocycles. The molecule has 0 saturated carbocycles. The van der Waals surface area contributed by atoms with Crippen LogP contribution in [0.5, 0.6) is 0 Å². The van der Waals surface area contributed by atoms with E-state index in [1.807, 2.05) is 0 Å². The molecule has 2 aliphatic rings. The zero-order valence-corrected chi connectivity index (χ0v) is 21.0. The summed E-state index contributed by atoms with van der Waals surface area (Å²) in [5, 5.41) is 31.7. The number of anilines is 4. The number of hydrogen-bond donors (Lipinski definition) is 4. The zero-order valence-electron chi connectivity index (χ0n) is 21.0. The van der Waals surface area contributed by atoms with Crippen LogP contribution in [0, 0.1) is 20.2 Å². The van der Waals surface area contributed by atoms with Crippen LogP contribution in [0.25, 0.3) is 0 Å². The van der Waals surface area contributed by atoms with Crippen molar-refractivity contribution in [2.75, 3.05) is 34.5 Å². The summed E-state index contributed by atoms with van der Waals surface area (Å²) in [5.74, 6) is -2.39. The van der Waals surface area contributed by atoms with E-state index in [-0.39, 0.29) is 41.7 Å². The van der Waals surface area contributed by atoms with Crippen molar-refractivity contribution in [2.45, 2.75) is 13.8 Å². The molecule has 208 valence electrons. The highest BCUT2D eigenvalue weighted by Gasteiger charge is 2.24. The fraction of sp³-hybridized carbons (Fsp3) is 0.167. The van der Waals surface area contributed by atoms with Crippen molar-refractivity contribution in [3.8, 4) is 0 Å². The van der Waals surface area contributed by atoms with Gasteiger partial charge >= 0.3 is 11.9 Å². The summed E-state index contributed by atoms with van der Waals surface area (Å²) in [6.45, 7) is 3.68. The molecule has 2 aromatic rings. The van der Waals surface area contributed by atoms with E-state index in [2.05, 4.69) is 21.3 Å². The predicted octanol–water partition coefficient (Wildman–Crippen LogP) is 2.81. The Morgan fingerprint density at radius 3 is 1.50 bits per heavy atom. The van der Waals surface area contributed by atoms with Gasteiger partial charge in [-0.15, -0.1) is 0 Å². The van der Waals surface area contributed by atoms with Gasteiger partial charge in [-0.3, -0.25) is 29.8 Å². The van der Waals surface area contributed by atoms with Crippen molar-refractivity contribution < 1.29 is 38.5 Å². The van der Waals surface area contributed by atoms with Crippen LogP contribution in [0.3, 0.4) is 0 Å². The van der Waals surface area contributed by atoms with Gasteiger partial charge in [0.15, 0.2) is 0 Å². The molecule has 16 nitrogen and oxygen atoms in total. The van der Waals surface area contributed by atoms with Crippen molar-refractivity contribution in [3.63, 3.8) is 0 Å². The van der Waals surface area contributed by atoms with Gasteiger partial charge in [0.05, 0.1) is 58.0 Å². The van der Waals surface area contributed by atoms with Gasteiger partial charge in [-0.1, -0.05) is 0 Å². The summed E-state index contributed by atoms with van der Waals surface area (Å²) in [4.78, 5) is 66.4. The van der Waals surface area contributed by atoms with Crippen molar-refractivity contribution in [2.24, 2.45) is 0 Å². The molecular weight excluding hydrogens is 532 g/mol. The number of nitrogens with zero attached hydrogens (tertiary/aromatic N) is 2. The maximum atomic E-state index is 11.8. The first kappa shape index (κ1) is 28.8. The number of carbonyl (C=O) groups excluding carboxylic acids is 4. The van der Waals surface area contributed by atoms with Gasteiger partial charge in [0.2, 0.25) is 0 Å². The largest absolute Gasteiger partial charge is 0.463 e. The number of rotatable bonds is 6. The number of nitrogens with one attached hydrogen (secondary N) is 4. The first-order chi connectivity index (χ1) is 19.0. The average Bonchev–Trinajstić information content (AvgIpc) is 2.89. The SMILES string of the molecule is CCOC(=O)/C=C1/Nc2cc([N+](=O)[O-])ccc2NC1=O.CCOC(=O)/C=C1/Nc2ccc([N+](=O)[O-])cc2NC1=O. The molecule has 4 N–H and O–H groups in total. The number of esters is 2. The number of amides is 2. The van der Waals surface area contributed by atoms with Crippen molar-refractivity contribution in [3.05, 3.63) is 80.2 Å². The van der Waals surface area contributed by atoms with Gasteiger partial charge in [0.25, 0.3) is 23.2 Å². The Balaban J connectivity index is 0.000000220. The first-order valence-electron chi connectivity index (χ1n) is 11.5. The van der Waals surface area contributed by atoms with Crippen LogP contribution in [0.4, 0.5) is 34.1 Å². The molecule has 16 heteroatoms. The number of nitro groups is 2. The highest BCUT2D eigenvalue weighted by atomic mass is 16.6. The van der Waals surface area contributed by atoms with Crippen LogP contribution in [0.15, 0.2) is 59.9 Å². The van der Waals surface area contributed by atoms with E-state index in [1.54, 1.807) is 13.8 Å². The molecule has 0 atom stereocenters. The number of benzene rings is 2. The van der Waals surface area contributed by atoms with Crippen molar-refractivity contribution >= 4 is 57.9 Å². The number of fused-ring (bicyclic) bond motifs is 2. The lowest BCUT2D eigenvalue weighted by molar-refractivity contribution is -0.385. The van der Waals surface area contributed by atoms with Gasteiger partial charge in [0, 0.05) is 24.3 Å². The molecule has 4 rings (SSSR count). The fourth-order valence-electron chi connectivity index (χ4n) is 3.31. The second-order valence-electron chi connectivity index (χ2n) is 7.75. The second kappa shape index (κ2) is 12.6. The highest BCUT2D eigenvalue weighted by Crippen LogP contribution is 2.32. The average molecular weight is 554 g/mol. The summed E-state index contributed by atoms with van der Waals surface area (Å²) in [6.07, 6.45) is 2.03. The first-order valence-corrected chi connectivity index (χ1v) is 11.5. The summed E-state index contributed by atoms with van der Waals surface area (Å²) < 4.78 is 9.41. The minimum absolute atomic E-state index is 0.0183. The highest BCUT2D eigenvalue weighted by molar-refractivity contribution is 6.14. The molecular formula is C24H22N6O10. The van der Waals surface area contributed by atoms with Crippen LogP contribution in [0.1, 0.15) is 13.8 Å². The van der Waals surface area contributed by atoms with Crippen LogP contribution in [-0.4, -0.2) is 46.8 Å². The summed E-state index contributed by atoms with van der Waals surface area (Å²) in [6, 6.07) is 7.95. The molecule has 40 heavy (non-hydrogen) atoms. The zero-order chi connectivity index (χ0) is 29.4. The topological polar surface area (TPSA) is 221 Å². The number of carbonyl (C=O) groups is 4. The summed E-state index contributed by atoms with van der Waals surface area (Å²) in [7, 11) is 0. The minimum Gasteiger partial charge on any atom is -0.463 e. The van der Waals surface area contributed by atoms with Gasteiger partial charge in [-0.25, -0.2) is 9.59 Å². The lowest BCUT2D eigenvalue weighted by Gasteiger charge is -2.20. The van der Waals surface area contributed by atoms with Crippen LogP contribution in [-0.2, 0) is 28.7 Å². The van der Waals surface area contributed by atoms with Gasteiger partial charge in [-0.05, 0) is 26.0 Å². The molecule has 0 spiro atoms. The molecule has 0 aliphatic carbocycles. The maximum Gasteiger partial charge on any atom is 0.333 e. The Bertz CT molecular complexity index is 1470. The Morgan fingerprint density at radius 1 is 0.700 bits per heavy atom. The van der Waals surface area contributed by atoms with Crippen molar-refractivity contribution in [1.29, 1.82) is 0 Å². The normalized spacial score (nSPS) is 15.1. The Morgan fingerprint density at radius 2 is 1.07 bits per heavy atom. The third-order valence-electron chi connectivity index (χ3n) is 5.05. The number of nitro benzene ring substituents is 2. The van der Waals surface area contributed by atoms with Crippen LogP contribution >= 0.6 is 0 Å². The third kappa shape index (κ3) is 7.15. The molecule has 0 aromatic heterocycles. The number of ether oxygens (including phenoxy) is 2. The predicted molar refractivity (Wildman–Crippen MR) is 140 cm³/mol. The van der Waals surface area contributed by atoms with E-state index in [9.17, 15) is 39.4 Å². The van der Waals surface area contributed by atoms with Gasteiger partial charge < -0.3 is 30.7 Å². The van der Waals surface area contributed by atoms with Crippen molar-refractivity contribution in [1.82, 2.24) is 0 Å². The quantitative estimate of drug-likeness (QED) is 0.175. The Kier molecular flexibility index (Phi) is 9.09. The van der Waals surface area contributed by atoms with E-state index in [4.69, 9.17) is 9.47 Å². The Hall–Kier alpha value is -5.80. The lowest BCUT2D eigenvalue weighted by atomic mass is 10.1. The minimum atomic E-state index is -0.668. The monoisotopic (exact) mass is 554 g/mol. The van der Waals surface area contributed by atoms with E-state index in [0.717, 1.165) is 12.2 Å². The molecule has 0 saturated heterocycles. The molecule has 0 radical (unpaired) electrons. The smallest absolute Gasteiger partial charge is 0.333 e. The fourth-order valence-corrected chi connectivity index (χ4v) is 3.31. The molecule has 0 fully saturated rings. The summed E-state index contributed by atoms with van der Waals surface area (Å²) in [5.41, 5.74) is 1.22. The van der Waals surface area contributed by atoms with E-state index in [1.165, 1.54) is 36.4 Å². The number of non-ortho nitro benzene ring substituents is 2. The van der Waals surface area contributed by atoms with Gasteiger partial charge in [0.1, 0.15) is 11.4 Å². The molecule has 2 aliphatic heterocycles. The van der Waals surface area contributed by atoms with E-state index < -0.39 is 33.6 Å². The van der Waals surface area contributed by atoms with E-state index >= 15 is 0 Å². The van der Waals surface area contributed by atoms with Crippen LogP contribution in [0.2, 0.25) is 0 Å². The molecule has 2 aromatic carbocycles. The van der Waals surface area contributed by atoms with E-state index in [0.29, 0.717) is 17.1 Å². The Labute approximate surface area is 225 Å². The molecule has 2 amide bonds. The maximum absolute atomic E-state index is 11.8. The third-order valence-corrected chi connectivity index (χ3v) is 5.05. The second-order valence-corrected chi connectivity index (χ2v) is 7.75. The lowest BCUT2D eigenvalue weighted by Crippen LogP contribution is -2.26. The van der Waals surface area contributed by atoms with Gasteiger partial charge in [-0.2, -0.15) is 0 Å². The molecule has 0 bridgehead atoms. The van der Waals surface area contributed by atoms with Crippen LogP contribution < -0.4 is 21.3 Å². The standard InChI is InChI=1S/2C12H11N3O5/c1-2-20-11(16)6-10-12(17)14-8-4-3-7(15(18)19)5-9(8)13-10;1-2-20-11(16)6-10-12(17)14-9-5-7(15(18)19)3-4-8(9)13-10/h2*3-6,13H,2H2,1H3,(H,14,17)/b2*10-6+.